The standard InChI is InChI=1S/C29H32F2N6O3S/c1-18-13-21(24(15-30)34-23-7-5-6-8-25(23)41(4,39)40)26-22(14-18)29(38)35(3)28(27(26)31)37-11-9-36(10-12-37)20-16-32-19(2)33-17-20/h5-8,13-14,16-17,24,34H,9-12,15H2,1-4H3/t24-/m1/s1. The third kappa shape index (κ3) is 5.48. The number of alkyl halides is 1. The summed E-state index contributed by atoms with van der Waals surface area (Å²) in [7, 11) is -2.08. The number of sulfone groups is 1. The number of hydrogen-bond donors (Lipinski definition) is 1. The Morgan fingerprint density at radius 1 is 1.02 bits per heavy atom. The van der Waals surface area contributed by atoms with Crippen molar-refractivity contribution in [2.24, 2.45) is 7.05 Å². The number of aromatic nitrogens is 3. The molecule has 216 valence electrons. The van der Waals surface area contributed by atoms with Crippen molar-refractivity contribution in [3.8, 4) is 0 Å². The molecule has 2 aromatic carbocycles. The van der Waals surface area contributed by atoms with Crippen LogP contribution < -0.4 is 20.7 Å². The molecule has 1 atom stereocenters. The highest BCUT2D eigenvalue weighted by atomic mass is 32.2. The minimum absolute atomic E-state index is 0.00401. The van der Waals surface area contributed by atoms with Crippen LogP contribution >= 0.6 is 0 Å². The first-order chi connectivity index (χ1) is 19.5. The Kier molecular flexibility index (Phi) is 7.69. The zero-order chi connectivity index (χ0) is 29.5. The molecule has 1 fully saturated rings. The molecule has 0 saturated carbocycles. The summed E-state index contributed by atoms with van der Waals surface area (Å²) in [5.74, 6) is 0.176. The molecule has 1 N–H and O–H groups in total. The molecule has 1 aliphatic rings. The van der Waals surface area contributed by atoms with E-state index in [1.54, 1.807) is 43.6 Å². The van der Waals surface area contributed by atoms with E-state index in [1.807, 2.05) is 11.8 Å². The maximum absolute atomic E-state index is 16.6. The van der Waals surface area contributed by atoms with E-state index in [4.69, 9.17) is 0 Å². The van der Waals surface area contributed by atoms with Crippen LogP contribution in [0.2, 0.25) is 0 Å². The fourth-order valence-corrected chi connectivity index (χ4v) is 6.26. The van der Waals surface area contributed by atoms with Crippen molar-refractivity contribution in [2.75, 3.05) is 54.2 Å². The number of halogens is 2. The Balaban J connectivity index is 1.57. The number of anilines is 3. The zero-order valence-corrected chi connectivity index (χ0v) is 24.2. The fourth-order valence-electron chi connectivity index (χ4n) is 5.41. The van der Waals surface area contributed by atoms with Gasteiger partial charge in [-0.05, 0) is 43.2 Å². The zero-order valence-electron chi connectivity index (χ0n) is 23.4. The second kappa shape index (κ2) is 11.1. The molecule has 41 heavy (non-hydrogen) atoms. The van der Waals surface area contributed by atoms with Crippen molar-refractivity contribution in [1.29, 1.82) is 0 Å². The lowest BCUT2D eigenvalue weighted by Gasteiger charge is -2.37. The molecule has 0 unspecified atom stereocenters. The number of rotatable bonds is 7. The van der Waals surface area contributed by atoms with Gasteiger partial charge in [-0.25, -0.2) is 27.2 Å². The number of nitrogens with zero attached hydrogens (tertiary/aromatic N) is 5. The minimum Gasteiger partial charge on any atom is -0.375 e. The number of fused-ring (bicyclic) bond motifs is 1. The third-order valence-corrected chi connectivity index (χ3v) is 8.59. The van der Waals surface area contributed by atoms with Gasteiger partial charge in [-0.3, -0.25) is 9.36 Å². The maximum atomic E-state index is 16.6. The number of aryl methyl sites for hydroxylation is 2. The second-order valence-corrected chi connectivity index (χ2v) is 12.3. The monoisotopic (exact) mass is 582 g/mol. The highest BCUT2D eigenvalue weighted by Crippen LogP contribution is 2.35. The van der Waals surface area contributed by atoms with Crippen LogP contribution in [0.25, 0.3) is 10.8 Å². The molecule has 12 heteroatoms. The van der Waals surface area contributed by atoms with Crippen LogP contribution in [0, 0.1) is 19.7 Å². The van der Waals surface area contributed by atoms with Gasteiger partial charge in [0.05, 0.1) is 40.1 Å². The summed E-state index contributed by atoms with van der Waals surface area (Å²) in [5.41, 5.74) is 1.57. The van der Waals surface area contributed by atoms with Gasteiger partial charge < -0.3 is 15.1 Å². The lowest BCUT2D eigenvalue weighted by Crippen LogP contribution is -2.48. The molecule has 3 heterocycles. The van der Waals surface area contributed by atoms with Crippen molar-refractivity contribution < 1.29 is 17.2 Å². The Morgan fingerprint density at radius 2 is 1.66 bits per heavy atom. The Hall–Kier alpha value is -4.06. The van der Waals surface area contributed by atoms with Crippen molar-refractivity contribution >= 4 is 37.8 Å². The molecule has 1 saturated heterocycles. The number of para-hydroxylation sites is 1. The van der Waals surface area contributed by atoms with Crippen LogP contribution in [0.5, 0.6) is 0 Å². The lowest BCUT2D eigenvalue weighted by atomic mass is 9.96. The van der Waals surface area contributed by atoms with Gasteiger partial charge in [0.15, 0.2) is 15.7 Å². The maximum Gasteiger partial charge on any atom is 0.259 e. The molecule has 4 aromatic rings. The number of benzene rings is 2. The molecule has 1 aliphatic heterocycles. The molecule has 2 aromatic heterocycles. The summed E-state index contributed by atoms with van der Waals surface area (Å²) in [6.07, 6.45) is 4.58. The third-order valence-electron chi connectivity index (χ3n) is 7.44. The second-order valence-electron chi connectivity index (χ2n) is 10.4. The van der Waals surface area contributed by atoms with Crippen molar-refractivity contribution in [1.82, 2.24) is 14.5 Å². The summed E-state index contributed by atoms with van der Waals surface area (Å²) >= 11 is 0. The summed E-state index contributed by atoms with van der Waals surface area (Å²) in [6, 6.07) is 8.32. The smallest absolute Gasteiger partial charge is 0.259 e. The number of piperazine rings is 1. The van der Waals surface area contributed by atoms with Gasteiger partial charge in [-0.2, -0.15) is 0 Å². The van der Waals surface area contributed by atoms with Crippen LogP contribution in [0.3, 0.4) is 0 Å². The average Bonchev–Trinajstić information content (AvgIpc) is 2.95. The predicted octanol–water partition coefficient (Wildman–Crippen LogP) is 3.94. The molecule has 0 aliphatic carbocycles. The van der Waals surface area contributed by atoms with Crippen molar-refractivity contribution in [3.05, 3.63) is 81.9 Å². The van der Waals surface area contributed by atoms with Gasteiger partial charge in [0.2, 0.25) is 0 Å². The Labute approximate surface area is 237 Å². The van der Waals surface area contributed by atoms with E-state index in [0.29, 0.717) is 37.6 Å². The minimum atomic E-state index is -3.62. The van der Waals surface area contributed by atoms with Gasteiger partial charge in [-0.15, -0.1) is 0 Å². The Morgan fingerprint density at radius 3 is 2.29 bits per heavy atom. The highest BCUT2D eigenvalue weighted by molar-refractivity contribution is 7.90. The molecule has 0 radical (unpaired) electrons. The van der Waals surface area contributed by atoms with Crippen LogP contribution in [-0.4, -0.2) is 62.1 Å². The number of hydrogen-bond acceptors (Lipinski definition) is 8. The van der Waals surface area contributed by atoms with Crippen molar-refractivity contribution in [2.45, 2.75) is 24.8 Å². The molecule has 0 amide bonds. The van der Waals surface area contributed by atoms with E-state index in [0.717, 1.165) is 11.9 Å². The topological polar surface area (TPSA) is 100 Å². The Bertz CT molecular complexity index is 1770. The first kappa shape index (κ1) is 28.5. The number of pyridine rings is 1. The van der Waals surface area contributed by atoms with E-state index >= 15 is 4.39 Å². The summed E-state index contributed by atoms with van der Waals surface area (Å²) in [4.78, 5) is 26.0. The van der Waals surface area contributed by atoms with Crippen LogP contribution in [0.4, 0.5) is 26.0 Å². The molecule has 0 bridgehead atoms. The van der Waals surface area contributed by atoms with E-state index in [2.05, 4.69) is 20.2 Å². The summed E-state index contributed by atoms with van der Waals surface area (Å²) < 4.78 is 57.3. The van der Waals surface area contributed by atoms with Crippen LogP contribution in [0.1, 0.15) is 23.0 Å². The molecule has 9 nitrogen and oxygen atoms in total. The van der Waals surface area contributed by atoms with Gasteiger partial charge >= 0.3 is 0 Å². The van der Waals surface area contributed by atoms with E-state index in [1.165, 1.54) is 23.7 Å². The average molecular weight is 583 g/mol. The van der Waals surface area contributed by atoms with Gasteiger partial charge in [0.25, 0.3) is 5.56 Å². The summed E-state index contributed by atoms with van der Waals surface area (Å²) in [6.45, 7) is 4.62. The predicted molar refractivity (Wildman–Crippen MR) is 157 cm³/mol. The SMILES string of the molecule is Cc1cc([C@@H](CF)Nc2ccccc2S(C)(=O)=O)c2c(F)c(N3CCN(c4cnc(C)nc4)CC3)n(C)c(=O)c2c1. The normalized spacial score (nSPS) is 14.9. The first-order valence-corrected chi connectivity index (χ1v) is 15.1. The quantitative estimate of drug-likeness (QED) is 0.350. The first-order valence-electron chi connectivity index (χ1n) is 13.2. The largest absolute Gasteiger partial charge is 0.375 e. The van der Waals surface area contributed by atoms with Gasteiger partial charge in [0, 0.05) is 44.9 Å². The molecule has 0 spiro atoms. The van der Waals surface area contributed by atoms with E-state index < -0.39 is 33.9 Å². The fraction of sp³-hybridized carbons (Fsp3) is 0.345. The van der Waals surface area contributed by atoms with E-state index in [9.17, 15) is 17.6 Å². The van der Waals surface area contributed by atoms with Crippen LogP contribution in [-0.2, 0) is 16.9 Å². The lowest BCUT2D eigenvalue weighted by molar-refractivity contribution is 0.453. The highest BCUT2D eigenvalue weighted by Gasteiger charge is 2.28. The van der Waals surface area contributed by atoms with Crippen LogP contribution in [0.15, 0.2) is 58.5 Å². The van der Waals surface area contributed by atoms with Gasteiger partial charge in [-0.1, -0.05) is 18.2 Å². The van der Waals surface area contributed by atoms with Crippen molar-refractivity contribution in [3.63, 3.8) is 0 Å². The molecule has 5 rings (SSSR count). The van der Waals surface area contributed by atoms with E-state index in [-0.39, 0.29) is 32.7 Å². The molecular weight excluding hydrogens is 550 g/mol. The number of nitrogens with one attached hydrogen (secondary N) is 1. The van der Waals surface area contributed by atoms with Gasteiger partial charge in [0.1, 0.15) is 18.3 Å². The summed E-state index contributed by atoms with van der Waals surface area (Å²) in [5, 5.41) is 3.12. The molecular formula is C29H32F2N6O3S.